The number of aromatic nitrogens is 1. The van der Waals surface area contributed by atoms with Crippen LogP contribution >= 0.6 is 0 Å². The Labute approximate surface area is 159 Å². The van der Waals surface area contributed by atoms with Gasteiger partial charge in [-0.15, -0.1) is 0 Å². The van der Waals surface area contributed by atoms with E-state index in [2.05, 4.69) is 44.9 Å². The molecule has 7 rings (SSSR count). The molecule has 5 heterocycles. The third-order valence-electron chi connectivity index (χ3n) is 6.88. The van der Waals surface area contributed by atoms with Crippen LogP contribution in [0.2, 0.25) is 0 Å². The van der Waals surface area contributed by atoms with Crippen LogP contribution < -0.4 is 5.32 Å². The second kappa shape index (κ2) is 5.83. The lowest BCUT2D eigenvalue weighted by atomic mass is 9.84. The van der Waals surface area contributed by atoms with Crippen LogP contribution in [-0.4, -0.2) is 40.9 Å². The largest absolute Gasteiger partial charge is 0.348 e. The molecule has 4 fully saturated rings. The molecule has 4 heteroatoms. The first-order valence-electron chi connectivity index (χ1n) is 10.3. The number of nitrogens with one attached hydrogen (secondary N) is 1. The zero-order valence-corrected chi connectivity index (χ0v) is 15.5. The molecule has 27 heavy (non-hydrogen) atoms. The summed E-state index contributed by atoms with van der Waals surface area (Å²) in [5.41, 5.74) is 4.49. The Kier molecular flexibility index (Phi) is 3.39. The minimum atomic E-state index is 0.0696. The first-order chi connectivity index (χ1) is 13.2. The molecule has 4 aliphatic rings. The Hall–Kier alpha value is -2.33. The summed E-state index contributed by atoms with van der Waals surface area (Å²) in [5, 5.41) is 4.57. The lowest BCUT2D eigenvalue weighted by Gasteiger charge is -2.44. The minimum Gasteiger partial charge on any atom is -0.348 e. The average molecular weight is 359 g/mol. The van der Waals surface area contributed by atoms with Crippen LogP contribution in [0.15, 0.2) is 42.6 Å². The summed E-state index contributed by atoms with van der Waals surface area (Å²) in [4.78, 5) is 15.4. The molecule has 2 bridgehead atoms. The van der Waals surface area contributed by atoms with Gasteiger partial charge in [0.05, 0.1) is 11.1 Å². The molecular formula is C23H25N3O. The Balaban J connectivity index is 1.31. The zero-order valence-electron chi connectivity index (χ0n) is 15.5. The van der Waals surface area contributed by atoms with Gasteiger partial charge in [0.25, 0.3) is 5.91 Å². The molecule has 1 aliphatic carbocycles. The van der Waals surface area contributed by atoms with Gasteiger partial charge >= 0.3 is 0 Å². The van der Waals surface area contributed by atoms with Crippen LogP contribution in [0, 0.1) is 5.92 Å². The molecule has 3 aromatic rings. The summed E-state index contributed by atoms with van der Waals surface area (Å²) in [6, 6.07) is 13.4. The summed E-state index contributed by atoms with van der Waals surface area (Å²) in [5.74, 6) is 1.48. The van der Waals surface area contributed by atoms with E-state index in [1.165, 1.54) is 55.2 Å². The van der Waals surface area contributed by atoms with Crippen LogP contribution in [0.5, 0.6) is 0 Å². The predicted molar refractivity (Wildman–Crippen MR) is 107 cm³/mol. The van der Waals surface area contributed by atoms with E-state index in [1.54, 1.807) is 0 Å². The monoisotopic (exact) mass is 359 g/mol. The molecule has 1 saturated carbocycles. The maximum absolute atomic E-state index is 12.9. The molecule has 0 spiro atoms. The highest BCUT2D eigenvalue weighted by Crippen LogP contribution is 2.41. The van der Waals surface area contributed by atoms with Crippen molar-refractivity contribution in [3.05, 3.63) is 53.7 Å². The Bertz CT molecular complexity index is 1040. The molecule has 2 aromatic heterocycles. The van der Waals surface area contributed by atoms with Gasteiger partial charge in [0, 0.05) is 24.3 Å². The second-order valence-electron chi connectivity index (χ2n) is 8.67. The maximum Gasteiger partial charge on any atom is 0.253 e. The van der Waals surface area contributed by atoms with Crippen LogP contribution in [0.1, 0.15) is 47.5 Å². The number of hydrogen-bond donors (Lipinski definition) is 1. The van der Waals surface area contributed by atoms with E-state index < -0.39 is 0 Å². The smallest absolute Gasteiger partial charge is 0.253 e. The van der Waals surface area contributed by atoms with Gasteiger partial charge in [-0.3, -0.25) is 4.79 Å². The van der Waals surface area contributed by atoms with E-state index in [-0.39, 0.29) is 5.91 Å². The summed E-state index contributed by atoms with van der Waals surface area (Å²) < 4.78 is 2.16. The van der Waals surface area contributed by atoms with Crippen molar-refractivity contribution >= 4 is 22.3 Å². The van der Waals surface area contributed by atoms with Crippen LogP contribution in [-0.2, 0) is 0 Å². The van der Waals surface area contributed by atoms with Gasteiger partial charge < -0.3 is 14.6 Å². The minimum absolute atomic E-state index is 0.0696. The number of piperidine rings is 3. The number of nitrogens with zero attached hydrogens (tertiary/aromatic N) is 2. The lowest BCUT2D eigenvalue weighted by molar-refractivity contribution is 0.0620. The van der Waals surface area contributed by atoms with E-state index in [0.29, 0.717) is 12.0 Å². The molecule has 1 amide bonds. The summed E-state index contributed by atoms with van der Waals surface area (Å²) >= 11 is 0. The van der Waals surface area contributed by atoms with Gasteiger partial charge in [0.1, 0.15) is 0 Å². The lowest BCUT2D eigenvalue weighted by Crippen LogP contribution is -2.57. The number of benzene rings is 1. The van der Waals surface area contributed by atoms with Crippen molar-refractivity contribution in [2.24, 2.45) is 5.92 Å². The van der Waals surface area contributed by atoms with Crippen molar-refractivity contribution in [2.45, 2.75) is 37.6 Å². The fourth-order valence-electron chi connectivity index (χ4n) is 5.09. The zero-order chi connectivity index (χ0) is 18.0. The normalized spacial score (nSPS) is 27.3. The SMILES string of the molecule is O=C(N[C@H]1CN2CCC1CC2)c1cc2ccc3cc(C4CC4)ccc3n2c1. The third-order valence-corrected chi connectivity index (χ3v) is 6.88. The van der Waals surface area contributed by atoms with Gasteiger partial charge in [-0.1, -0.05) is 12.1 Å². The fourth-order valence-corrected chi connectivity index (χ4v) is 5.09. The van der Waals surface area contributed by atoms with Crippen molar-refractivity contribution in [3.8, 4) is 0 Å². The van der Waals surface area contributed by atoms with Gasteiger partial charge in [0.2, 0.25) is 0 Å². The number of carbonyl (C=O) groups is 1. The van der Waals surface area contributed by atoms with Gasteiger partial charge in [-0.25, -0.2) is 0 Å². The highest BCUT2D eigenvalue weighted by molar-refractivity contribution is 5.97. The number of amides is 1. The molecule has 138 valence electrons. The van der Waals surface area contributed by atoms with Crippen molar-refractivity contribution in [1.82, 2.24) is 14.6 Å². The number of hydrogen-bond acceptors (Lipinski definition) is 2. The molecular weight excluding hydrogens is 334 g/mol. The van der Waals surface area contributed by atoms with Crippen molar-refractivity contribution < 1.29 is 4.79 Å². The molecule has 0 radical (unpaired) electrons. The highest BCUT2D eigenvalue weighted by atomic mass is 16.1. The number of pyridine rings is 1. The van der Waals surface area contributed by atoms with Gasteiger partial charge in [0.15, 0.2) is 0 Å². The van der Waals surface area contributed by atoms with E-state index in [0.717, 1.165) is 23.5 Å². The topological polar surface area (TPSA) is 36.8 Å². The quantitative estimate of drug-likeness (QED) is 0.772. The molecule has 4 nitrogen and oxygen atoms in total. The number of fused-ring (bicyclic) bond motifs is 6. The molecule has 3 aliphatic heterocycles. The molecule has 3 saturated heterocycles. The molecule has 1 atom stereocenters. The number of carbonyl (C=O) groups excluding carboxylic acids is 1. The molecule has 1 N–H and O–H groups in total. The van der Waals surface area contributed by atoms with Crippen molar-refractivity contribution in [1.29, 1.82) is 0 Å². The molecule has 0 unspecified atom stereocenters. The summed E-state index contributed by atoms with van der Waals surface area (Å²) in [6.45, 7) is 3.40. The third kappa shape index (κ3) is 2.66. The van der Waals surface area contributed by atoms with E-state index in [9.17, 15) is 4.79 Å². The van der Waals surface area contributed by atoms with Crippen LogP contribution in [0.3, 0.4) is 0 Å². The average Bonchev–Trinajstić information content (AvgIpc) is 3.46. The fraction of sp³-hybridized carbons (Fsp3) is 0.435. The Morgan fingerprint density at radius 3 is 2.59 bits per heavy atom. The van der Waals surface area contributed by atoms with E-state index in [1.807, 2.05) is 12.3 Å². The summed E-state index contributed by atoms with van der Waals surface area (Å²) in [7, 11) is 0. The van der Waals surface area contributed by atoms with E-state index in [4.69, 9.17) is 0 Å². The first kappa shape index (κ1) is 15.7. The second-order valence-corrected chi connectivity index (χ2v) is 8.67. The van der Waals surface area contributed by atoms with Crippen LogP contribution in [0.4, 0.5) is 0 Å². The standard InChI is InChI=1S/C23H25N3O/c27-23(24-21-14-25-9-7-16(21)8-10-25)19-12-20-5-3-18-11-17(15-1-2-15)4-6-22(18)26(20)13-19/h3-6,11-13,15-16,21H,1-2,7-10,14H2,(H,24,27)/t21-/m0/s1. The maximum atomic E-state index is 12.9. The highest BCUT2D eigenvalue weighted by Gasteiger charge is 2.35. The van der Waals surface area contributed by atoms with Gasteiger partial charge in [-0.05, 0) is 85.8 Å². The summed E-state index contributed by atoms with van der Waals surface area (Å²) in [6.07, 6.45) is 7.08. The Morgan fingerprint density at radius 1 is 1.00 bits per heavy atom. The molecule has 1 aromatic carbocycles. The predicted octanol–water partition coefficient (Wildman–Crippen LogP) is 3.79. The first-order valence-corrected chi connectivity index (χ1v) is 10.3. The van der Waals surface area contributed by atoms with Gasteiger partial charge in [-0.2, -0.15) is 0 Å². The van der Waals surface area contributed by atoms with Crippen LogP contribution in [0.25, 0.3) is 16.4 Å². The number of rotatable bonds is 3. The van der Waals surface area contributed by atoms with Crippen molar-refractivity contribution in [3.63, 3.8) is 0 Å². The Morgan fingerprint density at radius 2 is 1.85 bits per heavy atom. The van der Waals surface area contributed by atoms with Crippen molar-refractivity contribution in [2.75, 3.05) is 19.6 Å². The van der Waals surface area contributed by atoms with E-state index >= 15 is 0 Å².